The number of carbonyl (C=O) groups is 1. The molecule has 0 aliphatic carbocycles. The average molecular weight is 467 g/mol. The van der Waals surface area contributed by atoms with Crippen molar-refractivity contribution in [1.29, 1.82) is 0 Å². The van der Waals surface area contributed by atoms with Crippen molar-refractivity contribution in [2.45, 2.75) is 35.4 Å². The average Bonchev–Trinajstić information content (AvgIpc) is 2.75. The Bertz CT molecular complexity index is 1060. The van der Waals surface area contributed by atoms with E-state index in [1.165, 1.54) is 28.3 Å². The lowest BCUT2D eigenvalue weighted by atomic mass is 10.2. The highest BCUT2D eigenvalue weighted by atomic mass is 32.2. The van der Waals surface area contributed by atoms with E-state index < -0.39 is 10.0 Å². The minimum Gasteiger partial charge on any atom is -0.493 e. The first-order valence-corrected chi connectivity index (χ1v) is 11.9. The molecule has 31 heavy (non-hydrogen) atoms. The number of methoxy groups -OCH3 is 3. The third kappa shape index (κ3) is 4.91. The number of fused-ring (bicyclic) bond motifs is 1. The lowest BCUT2D eigenvalue weighted by molar-refractivity contribution is -0.116. The minimum absolute atomic E-state index is 0.0261. The molecule has 168 valence electrons. The van der Waals surface area contributed by atoms with Gasteiger partial charge in [-0.1, -0.05) is 6.92 Å². The number of rotatable bonds is 7. The second kappa shape index (κ2) is 9.37. The Hall–Kier alpha value is -2.43. The summed E-state index contributed by atoms with van der Waals surface area (Å²) in [5.74, 6) is 1.19. The molecule has 0 radical (unpaired) electrons. The molecule has 1 N–H and O–H groups in total. The van der Waals surface area contributed by atoms with Gasteiger partial charge in [-0.15, -0.1) is 11.8 Å². The van der Waals surface area contributed by atoms with Crippen LogP contribution in [0.3, 0.4) is 0 Å². The molecule has 1 aliphatic rings. The highest BCUT2D eigenvalue weighted by Gasteiger charge is 2.27. The van der Waals surface area contributed by atoms with Crippen LogP contribution in [0.15, 0.2) is 40.1 Å². The zero-order valence-electron chi connectivity index (χ0n) is 18.1. The predicted octanol–water partition coefficient (Wildman–Crippen LogP) is 3.04. The lowest BCUT2D eigenvalue weighted by Crippen LogP contribution is -2.37. The molecule has 2 aromatic carbocycles. The number of thioether (sulfide) groups is 1. The molecule has 1 unspecified atom stereocenters. The standard InChI is InChI=1S/C21H26N2O6S2/c1-13-12-23(14(2)24)17-10-16(6-7-20(17)30-13)31(25,26)22-11-15-8-18(27-3)21(29-5)19(9-15)28-4/h6-10,13,22H,11-12H2,1-5H3. The Labute approximate surface area is 186 Å². The SMILES string of the molecule is COc1cc(CNS(=O)(=O)c2ccc3c(c2)N(C(C)=O)CC(C)S3)cc(OC)c1OC. The molecule has 0 saturated carbocycles. The molecule has 2 aromatic rings. The van der Waals surface area contributed by atoms with Gasteiger partial charge in [-0.2, -0.15) is 0 Å². The van der Waals surface area contributed by atoms with Crippen LogP contribution in [0.2, 0.25) is 0 Å². The highest BCUT2D eigenvalue weighted by molar-refractivity contribution is 8.00. The Balaban J connectivity index is 1.87. The maximum absolute atomic E-state index is 13.0. The van der Waals surface area contributed by atoms with Crippen LogP contribution in [0.25, 0.3) is 0 Å². The second-order valence-corrected chi connectivity index (χ2v) is 10.3. The summed E-state index contributed by atoms with van der Waals surface area (Å²) in [6.45, 7) is 4.08. The van der Waals surface area contributed by atoms with E-state index >= 15 is 0 Å². The van der Waals surface area contributed by atoms with Gasteiger partial charge in [0.05, 0.1) is 31.9 Å². The molecular weight excluding hydrogens is 440 g/mol. The number of hydrogen-bond donors (Lipinski definition) is 1. The van der Waals surface area contributed by atoms with Crippen LogP contribution in [-0.2, 0) is 21.4 Å². The molecule has 1 atom stereocenters. The Morgan fingerprint density at radius 3 is 2.32 bits per heavy atom. The number of hydrogen-bond acceptors (Lipinski definition) is 7. The van der Waals surface area contributed by atoms with Crippen molar-refractivity contribution in [2.75, 3.05) is 32.8 Å². The quantitative estimate of drug-likeness (QED) is 0.670. The van der Waals surface area contributed by atoms with Gasteiger partial charge in [-0.3, -0.25) is 4.79 Å². The van der Waals surface area contributed by atoms with Gasteiger partial charge in [-0.05, 0) is 35.9 Å². The molecule has 1 heterocycles. The maximum atomic E-state index is 13.0. The van der Waals surface area contributed by atoms with Crippen molar-refractivity contribution >= 4 is 33.4 Å². The van der Waals surface area contributed by atoms with Crippen LogP contribution in [0.5, 0.6) is 17.2 Å². The molecule has 0 saturated heterocycles. The summed E-state index contributed by atoms with van der Waals surface area (Å²) in [4.78, 5) is 14.7. The Morgan fingerprint density at radius 2 is 1.77 bits per heavy atom. The number of ether oxygens (including phenoxy) is 3. The third-order valence-corrected chi connectivity index (χ3v) is 7.42. The van der Waals surface area contributed by atoms with Crippen molar-refractivity contribution < 1.29 is 27.4 Å². The number of sulfonamides is 1. The van der Waals surface area contributed by atoms with E-state index in [0.29, 0.717) is 35.0 Å². The van der Waals surface area contributed by atoms with E-state index in [0.717, 1.165) is 4.90 Å². The number of anilines is 1. The summed E-state index contributed by atoms with van der Waals surface area (Å²) >= 11 is 1.63. The zero-order valence-corrected chi connectivity index (χ0v) is 19.7. The summed E-state index contributed by atoms with van der Waals surface area (Å²) in [7, 11) is 0.679. The molecule has 0 aromatic heterocycles. The molecule has 1 aliphatic heterocycles. The van der Waals surface area contributed by atoms with Crippen LogP contribution in [0, 0.1) is 0 Å². The van der Waals surface area contributed by atoms with Crippen molar-refractivity contribution in [1.82, 2.24) is 4.72 Å². The van der Waals surface area contributed by atoms with Crippen LogP contribution in [-0.4, -0.2) is 47.4 Å². The van der Waals surface area contributed by atoms with Gasteiger partial charge >= 0.3 is 0 Å². The van der Waals surface area contributed by atoms with E-state index in [2.05, 4.69) is 4.72 Å². The summed E-state index contributed by atoms with van der Waals surface area (Å²) in [6, 6.07) is 8.23. The first-order chi connectivity index (χ1) is 14.7. The number of nitrogens with one attached hydrogen (secondary N) is 1. The summed E-state index contributed by atoms with van der Waals surface area (Å²) in [5, 5.41) is 0.233. The van der Waals surface area contributed by atoms with Gasteiger partial charge in [0.1, 0.15) is 0 Å². The highest BCUT2D eigenvalue weighted by Crippen LogP contribution is 2.40. The van der Waals surface area contributed by atoms with Gasteiger partial charge in [0.15, 0.2) is 11.5 Å². The summed E-state index contributed by atoms with van der Waals surface area (Å²) in [5.41, 5.74) is 1.26. The lowest BCUT2D eigenvalue weighted by Gasteiger charge is -2.32. The smallest absolute Gasteiger partial charge is 0.240 e. The number of amides is 1. The van der Waals surface area contributed by atoms with E-state index in [9.17, 15) is 13.2 Å². The third-order valence-electron chi connectivity index (χ3n) is 4.87. The monoisotopic (exact) mass is 466 g/mol. The topological polar surface area (TPSA) is 94.2 Å². The molecule has 3 rings (SSSR count). The summed E-state index contributed by atoms with van der Waals surface area (Å²) in [6.07, 6.45) is 0. The normalized spacial score (nSPS) is 15.9. The second-order valence-electron chi connectivity index (χ2n) is 7.05. The van der Waals surface area contributed by atoms with Gasteiger partial charge in [0.25, 0.3) is 0 Å². The van der Waals surface area contributed by atoms with Gasteiger partial charge in [0.2, 0.25) is 21.7 Å². The molecule has 8 nitrogen and oxygen atoms in total. The van der Waals surface area contributed by atoms with Crippen molar-refractivity contribution in [3.63, 3.8) is 0 Å². The fraction of sp³-hybridized carbons (Fsp3) is 0.381. The molecule has 0 bridgehead atoms. The zero-order chi connectivity index (χ0) is 22.8. The Morgan fingerprint density at radius 1 is 1.13 bits per heavy atom. The van der Waals surface area contributed by atoms with Gasteiger partial charge < -0.3 is 19.1 Å². The molecule has 0 fully saturated rings. The van der Waals surface area contributed by atoms with Crippen LogP contribution in [0.1, 0.15) is 19.4 Å². The molecule has 1 amide bonds. The van der Waals surface area contributed by atoms with Gasteiger partial charge in [-0.25, -0.2) is 13.1 Å². The van der Waals surface area contributed by atoms with Crippen molar-refractivity contribution in [3.8, 4) is 17.2 Å². The van der Waals surface area contributed by atoms with Crippen molar-refractivity contribution in [3.05, 3.63) is 35.9 Å². The largest absolute Gasteiger partial charge is 0.493 e. The predicted molar refractivity (Wildman–Crippen MR) is 120 cm³/mol. The number of benzene rings is 2. The van der Waals surface area contributed by atoms with Crippen LogP contribution >= 0.6 is 11.8 Å². The summed E-state index contributed by atoms with van der Waals surface area (Å²) < 4.78 is 44.4. The fourth-order valence-electron chi connectivity index (χ4n) is 3.38. The number of nitrogens with zero attached hydrogens (tertiary/aromatic N) is 1. The van der Waals surface area contributed by atoms with Crippen molar-refractivity contribution in [2.24, 2.45) is 0 Å². The molecule has 0 spiro atoms. The first kappa shape index (κ1) is 23.2. The Kier molecular flexibility index (Phi) is 7.03. The van der Waals surface area contributed by atoms with Gasteiger partial charge in [0, 0.05) is 30.2 Å². The van der Waals surface area contributed by atoms with Crippen LogP contribution < -0.4 is 23.8 Å². The van der Waals surface area contributed by atoms with E-state index in [1.807, 2.05) is 6.92 Å². The van der Waals surface area contributed by atoms with E-state index in [1.54, 1.807) is 47.0 Å². The maximum Gasteiger partial charge on any atom is 0.240 e. The van der Waals surface area contributed by atoms with E-state index in [-0.39, 0.29) is 22.6 Å². The van der Waals surface area contributed by atoms with E-state index in [4.69, 9.17) is 14.2 Å². The minimum atomic E-state index is -3.82. The number of carbonyl (C=O) groups excluding carboxylic acids is 1. The molecular formula is C21H26N2O6S2. The fourth-order valence-corrected chi connectivity index (χ4v) is 5.51. The first-order valence-electron chi connectivity index (χ1n) is 9.57. The molecule has 10 heteroatoms. The van der Waals surface area contributed by atoms with Crippen LogP contribution in [0.4, 0.5) is 5.69 Å².